The minimum atomic E-state index is -1.64. The summed E-state index contributed by atoms with van der Waals surface area (Å²) in [7, 11) is 3.06. The van der Waals surface area contributed by atoms with Gasteiger partial charge in [0.15, 0.2) is 5.78 Å². The number of halogens is 3. The molecule has 4 heterocycles. The molecule has 2 aromatic carbocycles. The first-order valence-electron chi connectivity index (χ1n) is 28.9. The number of carbonyl (C=O) groups excluding carboxylic acids is 8. The lowest BCUT2D eigenvalue weighted by Crippen LogP contribution is -2.53. The topological polar surface area (TPSA) is 284 Å². The number of ketones is 2. The summed E-state index contributed by atoms with van der Waals surface area (Å²) in [6.07, 6.45) is 4.33. The third-order valence-corrected chi connectivity index (χ3v) is 18.3. The van der Waals surface area contributed by atoms with Gasteiger partial charge >= 0.3 is 24.1 Å². The van der Waals surface area contributed by atoms with Gasteiger partial charge in [0, 0.05) is 80.5 Å². The molecule has 0 aliphatic carbocycles. The van der Waals surface area contributed by atoms with Crippen molar-refractivity contribution in [2.75, 3.05) is 48.2 Å². The number of epoxide rings is 1. The number of ether oxygens (including phenoxy) is 5. The minimum absolute atomic E-state index is 0.00782. The van der Waals surface area contributed by atoms with Crippen LogP contribution in [0.1, 0.15) is 116 Å². The van der Waals surface area contributed by atoms with Gasteiger partial charge in [-0.05, 0) is 106 Å². The first-order valence-corrected chi connectivity index (χ1v) is 31.5. The normalized spacial score (nSPS) is 24.3. The number of anilines is 2. The van der Waals surface area contributed by atoms with Gasteiger partial charge < -0.3 is 50.1 Å². The lowest BCUT2D eigenvalue weighted by Gasteiger charge is -2.41. The number of esters is 2. The van der Waals surface area contributed by atoms with Gasteiger partial charge in [-0.1, -0.05) is 100 Å². The highest BCUT2D eigenvalue weighted by Crippen LogP contribution is 2.50. The van der Waals surface area contributed by atoms with E-state index in [1.165, 1.54) is 18.2 Å². The summed E-state index contributed by atoms with van der Waals surface area (Å²) in [5.41, 5.74) is 6.50. The number of benzene rings is 2. The van der Waals surface area contributed by atoms with Crippen molar-refractivity contribution in [2.45, 2.75) is 160 Å². The number of nitrogens with zero attached hydrogens (tertiary/aromatic N) is 2. The van der Waals surface area contributed by atoms with Crippen LogP contribution in [0, 0.1) is 30.6 Å². The molecule has 4 bridgehead atoms. The number of alkyl halides is 2. The molecular weight excluding hydrogens is 1250 g/mol. The number of rotatable bonds is 24. The van der Waals surface area contributed by atoms with E-state index < -0.39 is 83.4 Å². The van der Waals surface area contributed by atoms with Crippen molar-refractivity contribution in [1.29, 1.82) is 0 Å². The second-order valence-corrected chi connectivity index (χ2v) is 24.8. The Balaban J connectivity index is 1.20. The number of hydrogen-bond donors (Lipinski definition) is 5. The van der Waals surface area contributed by atoms with Crippen molar-refractivity contribution in [2.24, 2.45) is 29.4 Å². The van der Waals surface area contributed by atoms with Crippen molar-refractivity contribution < 1.29 is 67.1 Å². The molecule has 2 saturated heterocycles. The van der Waals surface area contributed by atoms with E-state index in [1.54, 1.807) is 50.4 Å². The molecule has 0 saturated carbocycles. The minimum Gasteiger partial charge on any atom is -0.465 e. The number of methoxy groups -OCH3 is 1. The van der Waals surface area contributed by atoms with E-state index in [0.717, 1.165) is 16.7 Å². The van der Waals surface area contributed by atoms with Gasteiger partial charge in [-0.15, -0.1) is 0 Å². The van der Waals surface area contributed by atoms with Crippen molar-refractivity contribution >= 4 is 113 Å². The molecule has 0 radical (unpaired) electrons. The maximum absolute atomic E-state index is 14.5. The summed E-state index contributed by atoms with van der Waals surface area (Å²) >= 11 is 13.5. The third kappa shape index (κ3) is 18.4. The van der Waals surface area contributed by atoms with Crippen LogP contribution < -0.4 is 26.6 Å². The fraction of sp³-hybridized carbons (Fsp3) is 0.565. The van der Waals surface area contributed by atoms with E-state index in [4.69, 9.17) is 41.0 Å². The maximum atomic E-state index is 14.5. The average molecular weight is 1330 g/mol. The van der Waals surface area contributed by atoms with E-state index in [0.29, 0.717) is 63.5 Å². The first-order chi connectivity index (χ1) is 40.3. The molecule has 23 heteroatoms. The predicted molar refractivity (Wildman–Crippen MR) is 330 cm³/mol. The van der Waals surface area contributed by atoms with Gasteiger partial charge in [0.1, 0.15) is 35.3 Å². The van der Waals surface area contributed by atoms with Gasteiger partial charge in [0.25, 0.3) is 0 Å². The van der Waals surface area contributed by atoms with Crippen LogP contribution in [0.15, 0.2) is 66.4 Å². The second kappa shape index (κ2) is 31.2. The van der Waals surface area contributed by atoms with E-state index in [-0.39, 0.29) is 99.6 Å². The van der Waals surface area contributed by atoms with Crippen LogP contribution in [0.4, 0.5) is 21.0 Å². The fourth-order valence-electron chi connectivity index (χ4n) is 11.1. The van der Waals surface area contributed by atoms with Crippen LogP contribution in [0.5, 0.6) is 0 Å². The van der Waals surface area contributed by atoms with E-state index >= 15 is 0 Å². The number of Topliss-reactive ketones (excluding diaryl/α,β-unsaturated/α-hetero) is 2. The standard InChI is InChI=1S/C62H81Br2ClN6O14/c1-35(2)44(29-42(72)16-10-9-11-24-82-58(77)41(33-63)34-64)57(76)69-46(18-14-23-68-59(66)78)48(73)28-40-20-21-45(43-17-13-22-67-55(40)43)70-60(79)84-51-30-52(74)71(7)47-27-39(26-37(4)54(47)65)25-36(3)15-12-19-50(81-8)62(80)31-49(83-53(75)32-62)38(5)56-61(51,6)85-56/h12-13,15,17,19-22,26-27,35,38,41,44,46,49-51,56,80H,9-11,14,16,18,23-25,28-34H2,1-8H3,(H,69,76)(H,70,79)(H3,66,68,78)/b19-12+,36-15+/t38-,44+,46+,49+,50-,51+,56+,61+,62-/m1/s1. The second-order valence-electron chi connectivity index (χ2n) is 23.1. The van der Waals surface area contributed by atoms with Crippen LogP contribution in [-0.2, 0) is 65.3 Å². The molecule has 20 nitrogen and oxygen atoms in total. The van der Waals surface area contributed by atoms with Gasteiger partial charge in [0.05, 0.1) is 59.4 Å². The number of pyridine rings is 1. The molecule has 3 aliphatic heterocycles. The Bertz CT molecular complexity index is 2990. The SMILES string of the molecule is CO[C@@H]1/C=C/C=C(\C)Cc2cc(C)c(Cl)c(c2)N(C)C(=O)C[C@H](OC(=O)Nc2ccc(CC(=O)[C@H](CCCNC(N)=O)NC(=O)[C@@H](CC(=O)CCCCCOC(=O)C(CBr)CBr)C(C)C)c3ncccc23)[C@]2(C)O[C@H]2[C@H](C)[C@@H]2C[C@@]1(O)CC(=O)O2. The van der Waals surface area contributed by atoms with Crippen molar-refractivity contribution in [3.63, 3.8) is 0 Å². The molecule has 2 fully saturated rings. The quantitative estimate of drug-likeness (QED) is 0.0184. The first kappa shape index (κ1) is 68.3. The Morgan fingerprint density at radius 2 is 1.78 bits per heavy atom. The fourth-order valence-corrected chi connectivity index (χ4v) is 12.9. The highest BCUT2D eigenvalue weighted by atomic mass is 79.9. The number of aliphatic hydroxyl groups is 1. The van der Waals surface area contributed by atoms with Gasteiger partial charge in [-0.3, -0.25) is 39.1 Å². The summed E-state index contributed by atoms with van der Waals surface area (Å²) in [5.74, 6) is -4.17. The lowest BCUT2D eigenvalue weighted by molar-refractivity contribution is -0.187. The Morgan fingerprint density at radius 1 is 1.04 bits per heavy atom. The largest absolute Gasteiger partial charge is 0.465 e. The maximum Gasteiger partial charge on any atom is 0.412 e. The highest BCUT2D eigenvalue weighted by molar-refractivity contribution is 9.09. The number of primary amides is 1. The number of nitrogens with one attached hydrogen (secondary N) is 3. The van der Waals surface area contributed by atoms with Crippen molar-refractivity contribution in [3.8, 4) is 0 Å². The average Bonchev–Trinajstić information content (AvgIpc) is 2.26. The summed E-state index contributed by atoms with van der Waals surface area (Å²) in [5, 5.41) is 22.1. The number of aryl methyl sites for hydroxylation is 1. The molecule has 9 atom stereocenters. The molecule has 464 valence electrons. The zero-order valence-corrected chi connectivity index (χ0v) is 53.6. The zero-order valence-electron chi connectivity index (χ0n) is 49.6. The number of allylic oxidation sites excluding steroid dienone is 3. The Kier molecular flexibility index (Phi) is 25.1. The number of urea groups is 1. The number of unbranched alkanes of at least 4 members (excludes halogenated alkanes) is 2. The summed E-state index contributed by atoms with van der Waals surface area (Å²) in [6.45, 7) is 11.4. The summed E-state index contributed by atoms with van der Waals surface area (Å²) < 4.78 is 29.6. The number of hydrogen-bond acceptors (Lipinski definition) is 15. The monoisotopic (exact) mass is 1330 g/mol. The van der Waals surface area contributed by atoms with E-state index in [9.17, 15) is 43.5 Å². The van der Waals surface area contributed by atoms with Crippen LogP contribution >= 0.6 is 43.5 Å². The Labute approximate surface area is 519 Å². The summed E-state index contributed by atoms with van der Waals surface area (Å²) in [4.78, 5) is 114. The van der Waals surface area contributed by atoms with Crippen molar-refractivity contribution in [1.82, 2.24) is 15.6 Å². The molecule has 6 rings (SSSR count). The number of amides is 5. The Hall–Kier alpha value is -5.78. The number of fused-ring (bicyclic) bond motifs is 6. The van der Waals surface area contributed by atoms with E-state index in [1.807, 2.05) is 52.8 Å². The number of nitrogens with two attached hydrogens (primary N) is 1. The molecular formula is C62H81Br2ClN6O14. The molecule has 1 aromatic heterocycles. The molecule has 0 spiro atoms. The van der Waals surface area contributed by atoms with Crippen LogP contribution in [0.2, 0.25) is 5.02 Å². The smallest absolute Gasteiger partial charge is 0.412 e. The van der Waals surface area contributed by atoms with Crippen LogP contribution in [0.25, 0.3) is 10.9 Å². The highest BCUT2D eigenvalue weighted by Gasteiger charge is 2.64. The van der Waals surface area contributed by atoms with Gasteiger partial charge in [-0.25, -0.2) is 9.59 Å². The molecule has 3 aromatic rings. The Morgan fingerprint density at radius 3 is 2.47 bits per heavy atom. The summed E-state index contributed by atoms with van der Waals surface area (Å²) in [6, 6.07) is 8.60. The lowest BCUT2D eigenvalue weighted by atomic mass is 9.78. The zero-order chi connectivity index (χ0) is 62.3. The number of carbonyl (C=O) groups is 8. The molecule has 0 unspecified atom stereocenters. The van der Waals surface area contributed by atoms with Crippen LogP contribution in [0.3, 0.4) is 0 Å². The van der Waals surface area contributed by atoms with Gasteiger partial charge in [-0.2, -0.15) is 0 Å². The number of aromatic nitrogens is 1. The molecule has 3 aliphatic rings. The molecule has 5 amide bonds. The molecule has 6 N–H and O–H groups in total. The van der Waals surface area contributed by atoms with Crippen LogP contribution in [-0.4, -0.2) is 137 Å². The van der Waals surface area contributed by atoms with E-state index in [2.05, 4.69) is 52.8 Å². The van der Waals surface area contributed by atoms with Crippen molar-refractivity contribution in [3.05, 3.63) is 88.1 Å². The predicted octanol–water partition coefficient (Wildman–Crippen LogP) is 9.26. The van der Waals surface area contributed by atoms with Gasteiger partial charge in [0.2, 0.25) is 11.8 Å². The molecule has 85 heavy (non-hydrogen) atoms. The third-order valence-electron chi connectivity index (χ3n) is 16.2.